The van der Waals surface area contributed by atoms with E-state index in [1.807, 2.05) is 12.1 Å². The van der Waals surface area contributed by atoms with E-state index in [-0.39, 0.29) is 5.92 Å². The second-order valence-electron chi connectivity index (χ2n) is 14.1. The van der Waals surface area contributed by atoms with Gasteiger partial charge in [-0.15, -0.1) is 0 Å². The van der Waals surface area contributed by atoms with Gasteiger partial charge in [-0.05, 0) is 78.5 Å². The van der Waals surface area contributed by atoms with Crippen LogP contribution in [0, 0.1) is 0 Å². The van der Waals surface area contributed by atoms with Crippen molar-refractivity contribution in [3.63, 3.8) is 0 Å². The zero-order valence-corrected chi connectivity index (χ0v) is 29.7. The van der Waals surface area contributed by atoms with Gasteiger partial charge in [-0.2, -0.15) is 0 Å². The van der Waals surface area contributed by atoms with Crippen molar-refractivity contribution in [3.05, 3.63) is 229 Å². The molecule has 0 aliphatic rings. The third-order valence-corrected chi connectivity index (χ3v) is 10.9. The Labute approximate surface area is 315 Å². The molecule has 1 atom stereocenters. The predicted octanol–water partition coefficient (Wildman–Crippen LogP) is 14.6. The normalized spacial score (nSPS) is 12.0. The molecule has 0 bridgehead atoms. The number of benzene rings is 9. The van der Waals surface area contributed by atoms with E-state index < -0.39 is 0 Å². The van der Waals surface area contributed by atoms with Gasteiger partial charge in [-0.3, -0.25) is 0 Å². The molecule has 1 heterocycles. The minimum Gasteiger partial charge on any atom is -0.455 e. The molecule has 1 aromatic heterocycles. The number of hydrogen-bond acceptors (Lipinski definition) is 1. The molecular weight excluding hydrogens is 653 g/mol. The second-order valence-corrected chi connectivity index (χ2v) is 14.1. The molecule has 54 heavy (non-hydrogen) atoms. The Morgan fingerprint density at radius 2 is 0.759 bits per heavy atom. The maximum absolute atomic E-state index is 6.41. The van der Waals surface area contributed by atoms with E-state index in [1.54, 1.807) is 0 Å². The standard InChI is InChI=1S/C53H36O/c1-2-11-36(12-3-1)44-15-8-16-45(35-44)37-23-29-41(30-24-37)52(42-31-25-39(26-32-42)47-19-9-14-38-13-4-5-17-46(38)47)43-33-27-40(28-34-43)48-20-10-21-50-49-18-6-7-22-51(49)54-53(48)50/h1-35,52H. The monoisotopic (exact) mass is 688 g/mol. The van der Waals surface area contributed by atoms with E-state index in [4.69, 9.17) is 4.42 Å². The summed E-state index contributed by atoms with van der Waals surface area (Å²) in [5.41, 5.74) is 15.2. The van der Waals surface area contributed by atoms with Crippen LogP contribution in [0.25, 0.3) is 77.2 Å². The van der Waals surface area contributed by atoms with Crippen molar-refractivity contribution in [2.45, 2.75) is 5.92 Å². The van der Waals surface area contributed by atoms with Crippen LogP contribution >= 0.6 is 0 Å². The largest absolute Gasteiger partial charge is 0.455 e. The highest BCUT2D eigenvalue weighted by Crippen LogP contribution is 2.39. The van der Waals surface area contributed by atoms with Gasteiger partial charge >= 0.3 is 0 Å². The van der Waals surface area contributed by atoms with Crippen LogP contribution in [0.1, 0.15) is 22.6 Å². The molecule has 9 aromatic carbocycles. The van der Waals surface area contributed by atoms with E-state index in [0.29, 0.717) is 0 Å². The summed E-state index contributed by atoms with van der Waals surface area (Å²) in [6, 6.07) is 76.7. The molecule has 0 saturated heterocycles. The van der Waals surface area contributed by atoms with Crippen LogP contribution in [0.15, 0.2) is 217 Å². The Kier molecular flexibility index (Phi) is 7.96. The highest BCUT2D eigenvalue weighted by atomic mass is 16.3. The van der Waals surface area contributed by atoms with E-state index in [2.05, 4.69) is 200 Å². The SMILES string of the molecule is c1ccc(-c2cccc(-c3ccc(C(c4ccc(-c5cccc6ccccc56)cc4)c4ccc(-c5cccc6c5oc5ccccc56)cc4)cc3)c2)cc1. The second kappa shape index (κ2) is 13.5. The molecule has 10 aromatic rings. The Morgan fingerprint density at radius 1 is 0.296 bits per heavy atom. The highest BCUT2D eigenvalue weighted by Gasteiger charge is 2.19. The molecule has 1 unspecified atom stereocenters. The first-order valence-corrected chi connectivity index (χ1v) is 18.6. The minimum absolute atomic E-state index is 0.0484. The van der Waals surface area contributed by atoms with Crippen LogP contribution in [-0.2, 0) is 0 Å². The van der Waals surface area contributed by atoms with Gasteiger partial charge in [-0.1, -0.05) is 200 Å². The highest BCUT2D eigenvalue weighted by molar-refractivity contribution is 6.09. The average molecular weight is 689 g/mol. The molecule has 0 N–H and O–H groups in total. The lowest BCUT2D eigenvalue weighted by Crippen LogP contribution is -2.03. The molecule has 0 radical (unpaired) electrons. The van der Waals surface area contributed by atoms with Crippen molar-refractivity contribution in [2.24, 2.45) is 0 Å². The van der Waals surface area contributed by atoms with Gasteiger partial charge in [0.2, 0.25) is 0 Å². The fourth-order valence-electron chi connectivity index (χ4n) is 8.12. The summed E-state index contributed by atoms with van der Waals surface area (Å²) in [7, 11) is 0. The van der Waals surface area contributed by atoms with E-state index in [9.17, 15) is 0 Å². The molecule has 10 rings (SSSR count). The van der Waals surface area contributed by atoms with Crippen LogP contribution in [0.5, 0.6) is 0 Å². The molecule has 0 fully saturated rings. The Hall–Kier alpha value is -6.96. The molecular formula is C53H36O. The summed E-state index contributed by atoms with van der Waals surface area (Å²) in [6.45, 7) is 0. The van der Waals surface area contributed by atoms with E-state index >= 15 is 0 Å². The van der Waals surface area contributed by atoms with Crippen LogP contribution < -0.4 is 0 Å². The molecule has 0 aliphatic carbocycles. The Bertz CT molecular complexity index is 2890. The fraction of sp³-hybridized carbons (Fsp3) is 0.0189. The summed E-state index contributed by atoms with van der Waals surface area (Å²) in [6.07, 6.45) is 0. The first kappa shape index (κ1) is 31.7. The van der Waals surface area contributed by atoms with Gasteiger partial charge in [0.1, 0.15) is 11.2 Å². The first-order chi connectivity index (χ1) is 26.8. The van der Waals surface area contributed by atoms with Gasteiger partial charge < -0.3 is 4.42 Å². The zero-order valence-electron chi connectivity index (χ0n) is 29.7. The molecule has 254 valence electrons. The lowest BCUT2D eigenvalue weighted by atomic mass is 9.83. The zero-order chi connectivity index (χ0) is 35.8. The first-order valence-electron chi connectivity index (χ1n) is 18.6. The summed E-state index contributed by atoms with van der Waals surface area (Å²) < 4.78 is 6.41. The quantitative estimate of drug-likeness (QED) is 0.152. The van der Waals surface area contributed by atoms with Gasteiger partial charge in [0.25, 0.3) is 0 Å². The van der Waals surface area contributed by atoms with Crippen molar-refractivity contribution >= 4 is 32.7 Å². The fourth-order valence-corrected chi connectivity index (χ4v) is 8.12. The van der Waals surface area contributed by atoms with Crippen molar-refractivity contribution in [1.29, 1.82) is 0 Å². The lowest BCUT2D eigenvalue weighted by molar-refractivity contribution is 0.670. The third kappa shape index (κ3) is 5.77. The summed E-state index contributed by atoms with van der Waals surface area (Å²) in [4.78, 5) is 0. The van der Waals surface area contributed by atoms with Crippen molar-refractivity contribution in [2.75, 3.05) is 0 Å². The van der Waals surface area contributed by atoms with Crippen molar-refractivity contribution < 1.29 is 4.42 Å². The van der Waals surface area contributed by atoms with E-state index in [1.165, 1.54) is 60.8 Å². The smallest absolute Gasteiger partial charge is 0.143 e. The Balaban J connectivity index is 1.04. The molecule has 0 saturated carbocycles. The average Bonchev–Trinajstić information content (AvgIpc) is 3.64. The molecule has 1 heteroatoms. The predicted molar refractivity (Wildman–Crippen MR) is 227 cm³/mol. The summed E-state index contributed by atoms with van der Waals surface area (Å²) in [5, 5.41) is 4.81. The van der Waals surface area contributed by atoms with E-state index in [0.717, 1.165) is 33.1 Å². The number of rotatable bonds is 7. The molecule has 0 spiro atoms. The number of para-hydroxylation sites is 2. The van der Waals surface area contributed by atoms with Crippen molar-refractivity contribution in [3.8, 4) is 44.5 Å². The maximum atomic E-state index is 6.41. The van der Waals surface area contributed by atoms with Crippen LogP contribution in [-0.4, -0.2) is 0 Å². The lowest BCUT2D eigenvalue weighted by Gasteiger charge is -2.21. The van der Waals surface area contributed by atoms with Gasteiger partial charge in [-0.25, -0.2) is 0 Å². The summed E-state index contributed by atoms with van der Waals surface area (Å²) in [5.74, 6) is 0.0484. The number of fused-ring (bicyclic) bond motifs is 4. The van der Waals surface area contributed by atoms with Gasteiger partial charge in [0.05, 0.1) is 0 Å². The topological polar surface area (TPSA) is 13.1 Å². The van der Waals surface area contributed by atoms with Gasteiger partial charge in [0.15, 0.2) is 0 Å². The van der Waals surface area contributed by atoms with Crippen LogP contribution in [0.4, 0.5) is 0 Å². The van der Waals surface area contributed by atoms with Crippen LogP contribution in [0.3, 0.4) is 0 Å². The molecule has 1 nitrogen and oxygen atoms in total. The number of hydrogen-bond donors (Lipinski definition) is 0. The summed E-state index contributed by atoms with van der Waals surface area (Å²) >= 11 is 0. The minimum atomic E-state index is 0.0484. The Morgan fingerprint density at radius 3 is 1.46 bits per heavy atom. The molecule has 0 amide bonds. The number of furan rings is 1. The van der Waals surface area contributed by atoms with Gasteiger partial charge in [0, 0.05) is 22.3 Å². The third-order valence-electron chi connectivity index (χ3n) is 10.9. The van der Waals surface area contributed by atoms with Crippen LogP contribution in [0.2, 0.25) is 0 Å². The maximum Gasteiger partial charge on any atom is 0.143 e. The molecule has 0 aliphatic heterocycles. The van der Waals surface area contributed by atoms with Crippen molar-refractivity contribution in [1.82, 2.24) is 0 Å².